The number of nitrogens with zero attached hydrogens (tertiary/aromatic N) is 1. The lowest BCUT2D eigenvalue weighted by atomic mass is 10.2. The Labute approximate surface area is 53.3 Å². The fourth-order valence-corrected chi connectivity index (χ4v) is 0.627. The van der Waals surface area contributed by atoms with Crippen molar-refractivity contribution in [2.75, 3.05) is 0 Å². The molecule has 8 heavy (non-hydrogen) atoms. The van der Waals surface area contributed by atoms with Gasteiger partial charge in [-0.2, -0.15) is 5.10 Å². The first-order chi connectivity index (χ1) is 3.72. The lowest BCUT2D eigenvalue weighted by Gasteiger charge is -1.88. The topological polar surface area (TPSA) is 24.4 Å². The standard InChI is InChI=1S/C5H6N2S/c1-3-4(2)6-7-5(3)8/h1H2,2H3,(H,7,8). The van der Waals surface area contributed by atoms with E-state index < -0.39 is 0 Å². The zero-order valence-corrected chi connectivity index (χ0v) is 5.38. The van der Waals surface area contributed by atoms with Gasteiger partial charge in [-0.25, -0.2) is 0 Å². The van der Waals surface area contributed by atoms with Crippen LogP contribution in [0.2, 0.25) is 0 Å². The molecule has 0 saturated heterocycles. The van der Waals surface area contributed by atoms with Crippen LogP contribution in [-0.2, 0) is 0 Å². The van der Waals surface area contributed by atoms with E-state index in [4.69, 9.17) is 12.2 Å². The molecule has 1 heterocycles. The van der Waals surface area contributed by atoms with E-state index in [1.165, 1.54) is 0 Å². The normalized spacial score (nSPS) is 18.4. The van der Waals surface area contributed by atoms with Crippen molar-refractivity contribution in [2.24, 2.45) is 5.10 Å². The van der Waals surface area contributed by atoms with E-state index in [0.717, 1.165) is 11.3 Å². The Bertz CT molecular complexity index is 181. The molecule has 3 heteroatoms. The Morgan fingerprint density at radius 2 is 2.38 bits per heavy atom. The fraction of sp³-hybridized carbons (Fsp3) is 0.200. The second-order valence-corrected chi connectivity index (χ2v) is 2.02. The minimum absolute atomic E-state index is 0.641. The molecule has 1 N–H and O–H groups in total. The number of thiocarbonyl (C=S) groups is 1. The Morgan fingerprint density at radius 1 is 1.75 bits per heavy atom. The summed E-state index contributed by atoms with van der Waals surface area (Å²) in [5.41, 5.74) is 4.36. The SMILES string of the molecule is C=C1C(=S)NN=C1C. The predicted octanol–water partition coefficient (Wildman–Crippen LogP) is 0.849. The van der Waals surface area contributed by atoms with Gasteiger partial charge in [0.2, 0.25) is 0 Å². The summed E-state index contributed by atoms with van der Waals surface area (Å²) in [7, 11) is 0. The van der Waals surface area contributed by atoms with Crippen molar-refractivity contribution in [3.8, 4) is 0 Å². The van der Waals surface area contributed by atoms with Gasteiger partial charge in [0, 0.05) is 5.57 Å². The van der Waals surface area contributed by atoms with Crippen LogP contribution in [0.5, 0.6) is 0 Å². The summed E-state index contributed by atoms with van der Waals surface area (Å²) in [4.78, 5) is 0.641. The van der Waals surface area contributed by atoms with Crippen molar-refractivity contribution in [1.82, 2.24) is 5.43 Å². The third-order valence-electron chi connectivity index (χ3n) is 1.04. The van der Waals surface area contributed by atoms with Crippen LogP contribution in [0.1, 0.15) is 6.92 Å². The van der Waals surface area contributed by atoms with Crippen molar-refractivity contribution in [1.29, 1.82) is 0 Å². The number of hydrogen-bond donors (Lipinski definition) is 1. The van der Waals surface area contributed by atoms with Gasteiger partial charge in [0.1, 0.15) is 4.99 Å². The van der Waals surface area contributed by atoms with Gasteiger partial charge in [0.25, 0.3) is 0 Å². The van der Waals surface area contributed by atoms with Crippen LogP contribution in [0.3, 0.4) is 0 Å². The molecule has 0 amide bonds. The van der Waals surface area contributed by atoms with Crippen LogP contribution < -0.4 is 5.43 Å². The zero-order chi connectivity index (χ0) is 6.15. The van der Waals surface area contributed by atoms with Gasteiger partial charge in [0.05, 0.1) is 5.71 Å². The van der Waals surface area contributed by atoms with Crippen LogP contribution in [0, 0.1) is 0 Å². The van der Waals surface area contributed by atoms with Gasteiger partial charge < -0.3 is 0 Å². The molecule has 0 aromatic heterocycles. The molecule has 0 aromatic rings. The lowest BCUT2D eigenvalue weighted by Crippen LogP contribution is -2.08. The molecule has 0 aliphatic carbocycles. The number of rotatable bonds is 0. The average Bonchev–Trinajstić information content (AvgIpc) is 1.98. The van der Waals surface area contributed by atoms with E-state index in [2.05, 4.69) is 17.1 Å². The second-order valence-electron chi connectivity index (χ2n) is 1.62. The zero-order valence-electron chi connectivity index (χ0n) is 4.56. The Morgan fingerprint density at radius 3 is 2.50 bits per heavy atom. The molecule has 0 fully saturated rings. The van der Waals surface area contributed by atoms with Gasteiger partial charge >= 0.3 is 0 Å². The molecule has 2 nitrogen and oxygen atoms in total. The van der Waals surface area contributed by atoms with Crippen LogP contribution in [0.4, 0.5) is 0 Å². The summed E-state index contributed by atoms with van der Waals surface area (Å²) in [5.74, 6) is 0. The Hall–Kier alpha value is -0.700. The van der Waals surface area contributed by atoms with E-state index >= 15 is 0 Å². The average molecular weight is 126 g/mol. The van der Waals surface area contributed by atoms with Crippen molar-refractivity contribution in [3.05, 3.63) is 12.2 Å². The highest BCUT2D eigenvalue weighted by Crippen LogP contribution is 2.02. The first-order valence-corrected chi connectivity index (χ1v) is 2.66. The molecule has 0 spiro atoms. The fourth-order valence-electron chi connectivity index (χ4n) is 0.434. The molecule has 0 atom stereocenters. The summed E-state index contributed by atoms with van der Waals surface area (Å²) in [5, 5.41) is 3.82. The Kier molecular flexibility index (Phi) is 1.13. The first kappa shape index (κ1) is 5.44. The number of hydrazone groups is 1. The highest BCUT2D eigenvalue weighted by atomic mass is 32.1. The van der Waals surface area contributed by atoms with Gasteiger partial charge in [0.15, 0.2) is 0 Å². The van der Waals surface area contributed by atoms with E-state index in [9.17, 15) is 0 Å². The maximum Gasteiger partial charge on any atom is 0.128 e. The van der Waals surface area contributed by atoms with Crippen molar-refractivity contribution in [2.45, 2.75) is 6.92 Å². The summed E-state index contributed by atoms with van der Waals surface area (Å²) >= 11 is 4.79. The largest absolute Gasteiger partial charge is 0.267 e. The molecule has 0 bridgehead atoms. The highest BCUT2D eigenvalue weighted by molar-refractivity contribution is 7.80. The van der Waals surface area contributed by atoms with E-state index in [1.54, 1.807) is 0 Å². The molecule has 0 saturated carbocycles. The van der Waals surface area contributed by atoms with E-state index in [-0.39, 0.29) is 0 Å². The van der Waals surface area contributed by atoms with E-state index in [1.807, 2.05) is 6.92 Å². The quantitative estimate of drug-likeness (QED) is 0.384. The smallest absolute Gasteiger partial charge is 0.128 e. The molecule has 1 aliphatic heterocycles. The molecule has 1 rings (SSSR count). The van der Waals surface area contributed by atoms with Crippen LogP contribution in [0.25, 0.3) is 0 Å². The van der Waals surface area contributed by atoms with Crippen molar-refractivity contribution in [3.63, 3.8) is 0 Å². The van der Waals surface area contributed by atoms with Gasteiger partial charge in [-0.1, -0.05) is 18.8 Å². The van der Waals surface area contributed by atoms with Crippen LogP contribution in [0.15, 0.2) is 17.3 Å². The molecule has 42 valence electrons. The molecular weight excluding hydrogens is 120 g/mol. The monoisotopic (exact) mass is 126 g/mol. The summed E-state index contributed by atoms with van der Waals surface area (Å²) in [6.07, 6.45) is 0. The highest BCUT2D eigenvalue weighted by Gasteiger charge is 2.10. The predicted molar refractivity (Wildman–Crippen MR) is 38.0 cm³/mol. The van der Waals surface area contributed by atoms with Gasteiger partial charge in [-0.05, 0) is 6.92 Å². The minimum atomic E-state index is 0.641. The van der Waals surface area contributed by atoms with Gasteiger partial charge in [-0.3, -0.25) is 5.43 Å². The third kappa shape index (κ3) is 0.648. The summed E-state index contributed by atoms with van der Waals surface area (Å²) in [6, 6.07) is 0. The van der Waals surface area contributed by atoms with E-state index in [0.29, 0.717) is 4.99 Å². The maximum absolute atomic E-state index is 4.79. The molecule has 0 unspecified atom stereocenters. The number of hydrogen-bond acceptors (Lipinski definition) is 2. The first-order valence-electron chi connectivity index (χ1n) is 2.25. The van der Waals surface area contributed by atoms with Crippen molar-refractivity contribution >= 4 is 22.9 Å². The molecule has 0 aromatic carbocycles. The van der Waals surface area contributed by atoms with Crippen molar-refractivity contribution < 1.29 is 0 Å². The van der Waals surface area contributed by atoms with Crippen LogP contribution >= 0.6 is 12.2 Å². The van der Waals surface area contributed by atoms with Crippen LogP contribution in [-0.4, -0.2) is 10.7 Å². The molecule has 0 radical (unpaired) electrons. The number of nitrogens with one attached hydrogen (secondary N) is 1. The molecular formula is C5H6N2S. The summed E-state index contributed by atoms with van der Waals surface area (Å²) < 4.78 is 0. The lowest BCUT2D eigenvalue weighted by molar-refractivity contribution is 1.08. The van der Waals surface area contributed by atoms with Gasteiger partial charge in [-0.15, -0.1) is 0 Å². The maximum atomic E-state index is 4.79. The molecule has 1 aliphatic rings. The third-order valence-corrected chi connectivity index (χ3v) is 1.37. The minimum Gasteiger partial charge on any atom is -0.267 e. The Balaban J connectivity index is 2.89. The second kappa shape index (κ2) is 1.67. The summed E-state index contributed by atoms with van der Waals surface area (Å²) in [6.45, 7) is 5.55.